The molecule has 0 spiro atoms. The van der Waals surface area contributed by atoms with E-state index in [1.807, 2.05) is 12.3 Å². The second-order valence-corrected chi connectivity index (χ2v) is 5.35. The number of aromatic nitrogens is 2. The summed E-state index contributed by atoms with van der Waals surface area (Å²) in [5, 5.41) is 22.7. The number of anilines is 1. The Kier molecular flexibility index (Phi) is 4.73. The average Bonchev–Trinajstić information content (AvgIpc) is 2.99. The lowest BCUT2D eigenvalue weighted by molar-refractivity contribution is -0.384. The van der Waals surface area contributed by atoms with Gasteiger partial charge in [-0.05, 0) is 42.2 Å². The van der Waals surface area contributed by atoms with Gasteiger partial charge in [-0.2, -0.15) is 16.4 Å². The molecule has 0 unspecified atom stereocenters. The Hall–Kier alpha value is -1.89. The van der Waals surface area contributed by atoms with E-state index in [0.29, 0.717) is 24.6 Å². The lowest BCUT2D eigenvalue weighted by atomic mass is 10.2. The van der Waals surface area contributed by atoms with Crippen molar-refractivity contribution in [3.8, 4) is 0 Å². The van der Waals surface area contributed by atoms with Crippen molar-refractivity contribution in [1.82, 2.24) is 9.78 Å². The van der Waals surface area contributed by atoms with Crippen molar-refractivity contribution >= 4 is 22.8 Å². The Morgan fingerprint density at radius 1 is 1.55 bits per heavy atom. The number of nitrogens with zero attached hydrogens (tertiary/aromatic N) is 3. The molecule has 1 N–H and O–H groups in total. The molecule has 0 atom stereocenters. The first-order valence-electron chi connectivity index (χ1n) is 6.60. The number of thiophene rings is 1. The van der Waals surface area contributed by atoms with Crippen LogP contribution in [0.5, 0.6) is 0 Å². The molecule has 0 aliphatic rings. The second-order valence-electron chi connectivity index (χ2n) is 4.57. The topological polar surface area (TPSA) is 73.0 Å². The number of hydrogen-bond acceptors (Lipinski definition) is 5. The highest BCUT2D eigenvalue weighted by Gasteiger charge is 2.24. The van der Waals surface area contributed by atoms with Crippen molar-refractivity contribution in [1.29, 1.82) is 0 Å². The molecule has 2 heterocycles. The Balaban J connectivity index is 2.13. The molecule has 0 aliphatic carbocycles. The van der Waals surface area contributed by atoms with Gasteiger partial charge in [0.25, 0.3) is 0 Å². The molecule has 20 heavy (non-hydrogen) atoms. The second kappa shape index (κ2) is 6.51. The van der Waals surface area contributed by atoms with E-state index < -0.39 is 0 Å². The van der Waals surface area contributed by atoms with Crippen LogP contribution in [0.15, 0.2) is 16.8 Å². The van der Waals surface area contributed by atoms with Gasteiger partial charge in [-0.3, -0.25) is 10.1 Å². The van der Waals surface area contributed by atoms with E-state index in [2.05, 4.69) is 21.9 Å². The lowest BCUT2D eigenvalue weighted by Crippen LogP contribution is -2.11. The summed E-state index contributed by atoms with van der Waals surface area (Å²) in [5.41, 5.74) is 1.79. The van der Waals surface area contributed by atoms with E-state index in [1.165, 1.54) is 5.56 Å². The number of nitrogens with one attached hydrogen (secondary N) is 1. The largest absolute Gasteiger partial charge is 0.364 e. The van der Waals surface area contributed by atoms with Crippen LogP contribution in [-0.4, -0.2) is 21.2 Å². The highest BCUT2D eigenvalue weighted by Crippen LogP contribution is 2.28. The molecular formula is C13H18N4O2S. The van der Waals surface area contributed by atoms with Gasteiger partial charge < -0.3 is 5.32 Å². The Bertz CT molecular complexity index is 577. The third-order valence-corrected chi connectivity index (χ3v) is 3.73. The summed E-state index contributed by atoms with van der Waals surface area (Å²) in [6.45, 7) is 5.04. The zero-order valence-corrected chi connectivity index (χ0v) is 12.4. The maximum absolute atomic E-state index is 11.2. The van der Waals surface area contributed by atoms with Crippen LogP contribution in [-0.2, 0) is 13.0 Å². The minimum absolute atomic E-state index is 0.0868. The third-order valence-electron chi connectivity index (χ3n) is 3.00. The van der Waals surface area contributed by atoms with Gasteiger partial charge >= 0.3 is 5.69 Å². The molecule has 0 aliphatic heterocycles. The number of rotatable bonds is 7. The highest BCUT2D eigenvalue weighted by atomic mass is 32.1. The van der Waals surface area contributed by atoms with Crippen molar-refractivity contribution in [3.05, 3.63) is 38.2 Å². The number of nitro groups is 1. The molecule has 0 bridgehead atoms. The molecule has 0 aromatic carbocycles. The Labute approximate surface area is 121 Å². The molecule has 2 aromatic rings. The van der Waals surface area contributed by atoms with E-state index in [0.717, 1.165) is 12.8 Å². The summed E-state index contributed by atoms with van der Waals surface area (Å²) >= 11 is 1.66. The van der Waals surface area contributed by atoms with Gasteiger partial charge in [-0.15, -0.1) is 0 Å². The monoisotopic (exact) mass is 294 g/mol. The smallest absolute Gasteiger partial charge is 0.333 e. The lowest BCUT2D eigenvalue weighted by Gasteiger charge is -2.07. The van der Waals surface area contributed by atoms with Crippen molar-refractivity contribution in [2.24, 2.45) is 0 Å². The van der Waals surface area contributed by atoms with Gasteiger partial charge in [0.2, 0.25) is 5.82 Å². The van der Waals surface area contributed by atoms with E-state index in [-0.39, 0.29) is 10.6 Å². The molecule has 6 nitrogen and oxygen atoms in total. The van der Waals surface area contributed by atoms with E-state index >= 15 is 0 Å². The Morgan fingerprint density at radius 3 is 2.95 bits per heavy atom. The fraction of sp³-hybridized carbons (Fsp3) is 0.462. The van der Waals surface area contributed by atoms with Crippen molar-refractivity contribution < 1.29 is 4.92 Å². The first-order chi connectivity index (χ1) is 9.63. The van der Waals surface area contributed by atoms with Crippen LogP contribution in [0.1, 0.15) is 24.6 Å². The predicted octanol–water partition coefficient (Wildman–Crippen LogP) is 3.23. The van der Waals surface area contributed by atoms with Crippen molar-refractivity contribution in [2.45, 2.75) is 33.2 Å². The summed E-state index contributed by atoms with van der Waals surface area (Å²) in [5.74, 6) is 0.518. The molecule has 7 heteroatoms. The standard InChI is InChI=1S/C13H18N4O2S/c1-3-7-16-13(12(17(18)19)10(2)15-16)14-6-4-11-5-8-20-9-11/h5,8-9,14H,3-4,6-7H2,1-2H3. The van der Waals surface area contributed by atoms with Crippen LogP contribution >= 0.6 is 11.3 Å². The predicted molar refractivity (Wildman–Crippen MR) is 80.4 cm³/mol. The van der Waals surface area contributed by atoms with Crippen LogP contribution in [0, 0.1) is 17.0 Å². The maximum atomic E-state index is 11.2. The van der Waals surface area contributed by atoms with Crippen LogP contribution < -0.4 is 5.32 Å². The number of aryl methyl sites for hydroxylation is 2. The third kappa shape index (κ3) is 3.16. The summed E-state index contributed by atoms with van der Waals surface area (Å²) in [6.07, 6.45) is 1.73. The fourth-order valence-electron chi connectivity index (χ4n) is 2.10. The van der Waals surface area contributed by atoms with Gasteiger partial charge in [0.15, 0.2) is 0 Å². The van der Waals surface area contributed by atoms with Gasteiger partial charge in [-0.25, -0.2) is 4.68 Å². The van der Waals surface area contributed by atoms with E-state index in [9.17, 15) is 10.1 Å². The van der Waals surface area contributed by atoms with Crippen molar-refractivity contribution in [2.75, 3.05) is 11.9 Å². The maximum Gasteiger partial charge on any atom is 0.333 e. The van der Waals surface area contributed by atoms with E-state index in [4.69, 9.17) is 0 Å². The van der Waals surface area contributed by atoms with E-state index in [1.54, 1.807) is 22.9 Å². The first kappa shape index (κ1) is 14.5. The minimum Gasteiger partial charge on any atom is -0.364 e. The zero-order valence-electron chi connectivity index (χ0n) is 11.6. The van der Waals surface area contributed by atoms with Gasteiger partial charge in [-0.1, -0.05) is 6.92 Å². The summed E-state index contributed by atoms with van der Waals surface area (Å²) in [4.78, 5) is 10.8. The van der Waals surface area contributed by atoms with Gasteiger partial charge in [0, 0.05) is 13.1 Å². The summed E-state index contributed by atoms with van der Waals surface area (Å²) in [7, 11) is 0. The Morgan fingerprint density at radius 2 is 2.35 bits per heavy atom. The summed E-state index contributed by atoms with van der Waals surface area (Å²) < 4.78 is 1.70. The van der Waals surface area contributed by atoms with Crippen LogP contribution in [0.3, 0.4) is 0 Å². The molecule has 108 valence electrons. The first-order valence-corrected chi connectivity index (χ1v) is 7.54. The number of hydrogen-bond donors (Lipinski definition) is 1. The molecule has 2 rings (SSSR count). The molecule has 0 saturated carbocycles. The molecule has 0 amide bonds. The zero-order chi connectivity index (χ0) is 14.5. The molecule has 0 radical (unpaired) electrons. The average molecular weight is 294 g/mol. The molecule has 0 fully saturated rings. The minimum atomic E-state index is -0.360. The summed E-state index contributed by atoms with van der Waals surface area (Å²) in [6, 6.07) is 2.06. The van der Waals surface area contributed by atoms with Crippen LogP contribution in [0.2, 0.25) is 0 Å². The normalized spacial score (nSPS) is 10.7. The molecular weight excluding hydrogens is 276 g/mol. The van der Waals surface area contributed by atoms with Gasteiger partial charge in [0.05, 0.1) is 4.92 Å². The van der Waals surface area contributed by atoms with Crippen LogP contribution in [0.4, 0.5) is 11.5 Å². The fourth-order valence-corrected chi connectivity index (χ4v) is 2.80. The van der Waals surface area contributed by atoms with Crippen LogP contribution in [0.25, 0.3) is 0 Å². The van der Waals surface area contributed by atoms with Gasteiger partial charge in [0.1, 0.15) is 5.69 Å². The molecule has 0 saturated heterocycles. The SMILES string of the molecule is CCCn1nc(C)c([N+](=O)[O-])c1NCCc1ccsc1. The quantitative estimate of drug-likeness (QED) is 0.628. The highest BCUT2D eigenvalue weighted by molar-refractivity contribution is 7.07. The van der Waals surface area contributed by atoms with Crippen molar-refractivity contribution in [3.63, 3.8) is 0 Å². The molecule has 2 aromatic heterocycles.